The van der Waals surface area contributed by atoms with E-state index in [2.05, 4.69) is 25.4 Å². The predicted octanol–water partition coefficient (Wildman–Crippen LogP) is 1.18. The number of hydrogen-bond acceptors (Lipinski definition) is 6. The molecule has 0 saturated carbocycles. The van der Waals surface area contributed by atoms with Crippen LogP contribution in [0, 0.1) is 0 Å². The third kappa shape index (κ3) is 1.57. The Labute approximate surface area is 94.6 Å². The highest BCUT2D eigenvalue weighted by Gasteiger charge is 2.08. The van der Waals surface area contributed by atoms with Gasteiger partial charge in [-0.25, -0.2) is 0 Å². The van der Waals surface area contributed by atoms with E-state index in [4.69, 9.17) is 0 Å². The van der Waals surface area contributed by atoms with Gasteiger partial charge in [0.1, 0.15) is 5.69 Å². The van der Waals surface area contributed by atoms with Gasteiger partial charge < -0.3 is 0 Å². The first-order valence-electron chi connectivity index (χ1n) is 4.53. The molecule has 3 aromatic rings. The standard InChI is InChI=1S/C9H6N6S/c1-2-7(4-10-3-1)15-13-9(12-14-15)8-5-11-6-16-8/h1-6H. The fraction of sp³-hybridized carbons (Fsp3) is 0. The minimum absolute atomic E-state index is 0.575. The van der Waals surface area contributed by atoms with Crippen molar-refractivity contribution >= 4 is 11.3 Å². The van der Waals surface area contributed by atoms with Gasteiger partial charge in [0.15, 0.2) is 0 Å². The molecule has 0 amide bonds. The fourth-order valence-electron chi connectivity index (χ4n) is 1.22. The van der Waals surface area contributed by atoms with Gasteiger partial charge >= 0.3 is 0 Å². The third-order valence-electron chi connectivity index (χ3n) is 1.94. The van der Waals surface area contributed by atoms with Crippen molar-refractivity contribution < 1.29 is 0 Å². The Morgan fingerprint density at radius 2 is 2.19 bits per heavy atom. The summed E-state index contributed by atoms with van der Waals surface area (Å²) in [7, 11) is 0. The lowest BCUT2D eigenvalue weighted by Gasteiger charge is -1.94. The largest absolute Gasteiger partial charge is 0.262 e. The van der Waals surface area contributed by atoms with Gasteiger partial charge in [0.05, 0.1) is 16.6 Å². The molecule has 3 heterocycles. The zero-order valence-electron chi connectivity index (χ0n) is 8.06. The van der Waals surface area contributed by atoms with Crippen LogP contribution in [-0.2, 0) is 0 Å². The van der Waals surface area contributed by atoms with E-state index in [1.54, 1.807) is 24.1 Å². The van der Waals surface area contributed by atoms with Crippen LogP contribution in [0.1, 0.15) is 0 Å². The molecule has 0 aliphatic rings. The predicted molar refractivity (Wildman–Crippen MR) is 58.1 cm³/mol. The average molecular weight is 230 g/mol. The van der Waals surface area contributed by atoms with Crippen LogP contribution in [0.4, 0.5) is 0 Å². The van der Waals surface area contributed by atoms with E-state index in [1.807, 2.05) is 12.1 Å². The molecule has 0 aromatic carbocycles. The van der Waals surface area contributed by atoms with Crippen LogP contribution in [0.3, 0.4) is 0 Å². The number of rotatable bonds is 2. The van der Waals surface area contributed by atoms with Gasteiger partial charge in [0.2, 0.25) is 5.82 Å². The topological polar surface area (TPSA) is 69.4 Å². The summed E-state index contributed by atoms with van der Waals surface area (Å²) >= 11 is 1.48. The summed E-state index contributed by atoms with van der Waals surface area (Å²) in [6.07, 6.45) is 5.10. The molecule has 0 atom stereocenters. The molecule has 16 heavy (non-hydrogen) atoms. The van der Waals surface area contributed by atoms with E-state index in [0.29, 0.717) is 5.82 Å². The van der Waals surface area contributed by atoms with E-state index in [-0.39, 0.29) is 0 Å². The number of tetrazole rings is 1. The Morgan fingerprint density at radius 1 is 1.19 bits per heavy atom. The zero-order valence-corrected chi connectivity index (χ0v) is 8.87. The van der Waals surface area contributed by atoms with Crippen LogP contribution in [0.5, 0.6) is 0 Å². The van der Waals surface area contributed by atoms with Crippen molar-refractivity contribution in [2.45, 2.75) is 0 Å². The van der Waals surface area contributed by atoms with E-state index in [9.17, 15) is 0 Å². The zero-order chi connectivity index (χ0) is 10.8. The lowest BCUT2D eigenvalue weighted by Crippen LogP contribution is -1.98. The van der Waals surface area contributed by atoms with Crippen LogP contribution < -0.4 is 0 Å². The number of thiazole rings is 1. The maximum absolute atomic E-state index is 4.25. The second kappa shape index (κ2) is 3.78. The Bertz CT molecular complexity index is 573. The van der Waals surface area contributed by atoms with Gasteiger partial charge in [0, 0.05) is 12.4 Å². The van der Waals surface area contributed by atoms with Crippen molar-refractivity contribution in [1.29, 1.82) is 0 Å². The summed E-state index contributed by atoms with van der Waals surface area (Å²) in [5.74, 6) is 0.575. The van der Waals surface area contributed by atoms with E-state index >= 15 is 0 Å². The SMILES string of the molecule is c1cncc(-n2nnc(-c3cncs3)n2)c1. The Kier molecular flexibility index (Phi) is 2.15. The number of pyridine rings is 1. The summed E-state index contributed by atoms with van der Waals surface area (Å²) in [4.78, 5) is 10.3. The average Bonchev–Trinajstić information content (AvgIpc) is 3.01. The maximum atomic E-state index is 4.25. The highest BCUT2D eigenvalue weighted by Crippen LogP contribution is 2.18. The summed E-state index contributed by atoms with van der Waals surface area (Å²) in [6.45, 7) is 0. The Morgan fingerprint density at radius 3 is 2.94 bits per heavy atom. The molecule has 7 heteroatoms. The van der Waals surface area contributed by atoms with Gasteiger partial charge in [-0.1, -0.05) is 0 Å². The van der Waals surface area contributed by atoms with Crippen LogP contribution in [0.15, 0.2) is 36.2 Å². The molecule has 78 valence electrons. The van der Waals surface area contributed by atoms with E-state index < -0.39 is 0 Å². The number of nitrogens with zero attached hydrogens (tertiary/aromatic N) is 6. The molecule has 0 spiro atoms. The number of hydrogen-bond donors (Lipinski definition) is 0. The maximum Gasteiger partial charge on any atom is 0.216 e. The van der Waals surface area contributed by atoms with Gasteiger partial charge in [-0.3, -0.25) is 9.97 Å². The molecule has 0 unspecified atom stereocenters. The summed E-state index contributed by atoms with van der Waals surface area (Å²) in [6, 6.07) is 3.69. The second-order valence-electron chi connectivity index (χ2n) is 2.98. The second-order valence-corrected chi connectivity index (χ2v) is 3.87. The minimum Gasteiger partial charge on any atom is -0.262 e. The monoisotopic (exact) mass is 230 g/mol. The highest BCUT2D eigenvalue weighted by molar-refractivity contribution is 7.13. The number of aromatic nitrogens is 6. The first kappa shape index (κ1) is 9.10. The van der Waals surface area contributed by atoms with E-state index in [1.165, 1.54) is 16.1 Å². The van der Waals surface area contributed by atoms with Crippen molar-refractivity contribution in [2.75, 3.05) is 0 Å². The molecule has 0 aliphatic heterocycles. The molecular weight excluding hydrogens is 224 g/mol. The van der Waals surface area contributed by atoms with Crippen molar-refractivity contribution in [2.24, 2.45) is 0 Å². The normalized spacial score (nSPS) is 10.5. The van der Waals surface area contributed by atoms with Gasteiger partial charge in [-0.15, -0.1) is 26.3 Å². The molecule has 3 rings (SSSR count). The highest BCUT2D eigenvalue weighted by atomic mass is 32.1. The van der Waals surface area contributed by atoms with Crippen molar-refractivity contribution in [3.05, 3.63) is 36.2 Å². The lowest BCUT2D eigenvalue weighted by atomic mass is 10.4. The lowest BCUT2D eigenvalue weighted by molar-refractivity contribution is 0.717. The molecule has 0 radical (unpaired) electrons. The van der Waals surface area contributed by atoms with Crippen molar-refractivity contribution in [3.63, 3.8) is 0 Å². The summed E-state index contributed by atoms with van der Waals surface area (Å²) in [5.41, 5.74) is 2.52. The first-order chi connectivity index (χ1) is 7.93. The van der Waals surface area contributed by atoms with Crippen molar-refractivity contribution in [1.82, 2.24) is 30.2 Å². The van der Waals surface area contributed by atoms with Crippen LogP contribution >= 0.6 is 11.3 Å². The molecular formula is C9H6N6S. The Hall–Kier alpha value is -2.15. The first-order valence-corrected chi connectivity index (χ1v) is 5.41. The molecule has 0 saturated heterocycles. The van der Waals surface area contributed by atoms with Crippen LogP contribution in [-0.4, -0.2) is 30.2 Å². The minimum atomic E-state index is 0.575. The molecule has 6 nitrogen and oxygen atoms in total. The molecule has 3 aromatic heterocycles. The van der Waals surface area contributed by atoms with Gasteiger partial charge in [-0.2, -0.15) is 0 Å². The van der Waals surface area contributed by atoms with Crippen molar-refractivity contribution in [3.8, 4) is 16.4 Å². The summed E-state index contributed by atoms with van der Waals surface area (Å²) < 4.78 is 0. The van der Waals surface area contributed by atoms with Gasteiger partial charge in [-0.05, 0) is 17.3 Å². The molecule has 0 bridgehead atoms. The summed E-state index contributed by atoms with van der Waals surface area (Å²) in [5, 5.41) is 12.2. The van der Waals surface area contributed by atoms with Crippen LogP contribution in [0.2, 0.25) is 0 Å². The van der Waals surface area contributed by atoms with Gasteiger partial charge in [0.25, 0.3) is 0 Å². The fourth-order valence-corrected chi connectivity index (χ4v) is 1.76. The molecule has 0 N–H and O–H groups in total. The molecule has 0 fully saturated rings. The Balaban J connectivity index is 2.00. The van der Waals surface area contributed by atoms with E-state index in [0.717, 1.165) is 10.6 Å². The smallest absolute Gasteiger partial charge is 0.216 e. The van der Waals surface area contributed by atoms with Crippen LogP contribution in [0.25, 0.3) is 16.4 Å². The third-order valence-corrected chi connectivity index (χ3v) is 2.71. The quantitative estimate of drug-likeness (QED) is 0.661. The molecule has 0 aliphatic carbocycles.